The lowest BCUT2D eigenvalue weighted by Crippen LogP contribution is -2.40. The summed E-state index contributed by atoms with van der Waals surface area (Å²) in [4.78, 5) is 7.23. The van der Waals surface area contributed by atoms with Gasteiger partial charge in [-0.15, -0.1) is 11.3 Å². The maximum absolute atomic E-state index is 12.7. The van der Waals surface area contributed by atoms with Gasteiger partial charge in [0.2, 0.25) is 10.0 Å². The van der Waals surface area contributed by atoms with Crippen LogP contribution in [0.5, 0.6) is 0 Å². The van der Waals surface area contributed by atoms with Crippen LogP contribution in [0.15, 0.2) is 34.5 Å². The first-order valence-electron chi connectivity index (χ1n) is 8.61. The first kappa shape index (κ1) is 17.9. The lowest BCUT2D eigenvalue weighted by atomic mass is 10.2. The fourth-order valence-corrected chi connectivity index (χ4v) is 5.33. The zero-order valence-corrected chi connectivity index (χ0v) is 16.0. The Morgan fingerprint density at radius 2 is 1.54 bits per heavy atom. The molecule has 0 radical (unpaired) electrons. The van der Waals surface area contributed by atoms with Gasteiger partial charge in [-0.2, -0.15) is 4.31 Å². The van der Waals surface area contributed by atoms with E-state index in [0.717, 1.165) is 42.7 Å². The Morgan fingerprint density at radius 1 is 0.923 bits per heavy atom. The van der Waals surface area contributed by atoms with E-state index in [1.807, 2.05) is 17.5 Å². The molecule has 26 heavy (non-hydrogen) atoms. The average molecular weight is 396 g/mol. The Morgan fingerprint density at radius 3 is 2.19 bits per heavy atom. The molecule has 0 bridgehead atoms. The average Bonchev–Trinajstić information content (AvgIpc) is 3.20. The van der Waals surface area contributed by atoms with E-state index in [1.165, 1.54) is 4.31 Å². The Kier molecular flexibility index (Phi) is 5.23. The predicted octanol–water partition coefficient (Wildman–Crippen LogP) is 1.67. The summed E-state index contributed by atoms with van der Waals surface area (Å²) in [6, 6.07) is 6.97. The summed E-state index contributed by atoms with van der Waals surface area (Å²) in [5, 5.41) is 2.99. The van der Waals surface area contributed by atoms with Crippen LogP contribution >= 0.6 is 11.3 Å². The van der Waals surface area contributed by atoms with E-state index in [4.69, 9.17) is 14.5 Å². The van der Waals surface area contributed by atoms with Gasteiger partial charge in [-0.05, 0) is 12.1 Å². The number of rotatable bonds is 4. The third kappa shape index (κ3) is 3.63. The molecule has 0 spiro atoms. The standard InChI is InChI=1S/C17H21N3O4S2/c21-26(22,20-7-11-24-12-8-20)15-3-1-14(2-4-15)16-13-25-17(18-16)19-5-9-23-10-6-19/h1-4,13H,5-12H2. The highest BCUT2D eigenvalue weighted by Crippen LogP contribution is 2.29. The zero-order valence-electron chi connectivity index (χ0n) is 14.3. The molecule has 2 fully saturated rings. The molecule has 0 amide bonds. The molecule has 9 heteroatoms. The summed E-state index contributed by atoms with van der Waals surface area (Å²) in [5.41, 5.74) is 1.79. The molecular weight excluding hydrogens is 374 g/mol. The van der Waals surface area contributed by atoms with Crippen molar-refractivity contribution in [3.8, 4) is 11.3 Å². The van der Waals surface area contributed by atoms with Gasteiger partial charge in [0.15, 0.2) is 5.13 Å². The van der Waals surface area contributed by atoms with E-state index in [1.54, 1.807) is 23.5 Å². The Hall–Kier alpha value is -1.52. The third-order valence-corrected chi connectivity index (χ3v) is 7.35. The molecule has 140 valence electrons. The van der Waals surface area contributed by atoms with Crippen molar-refractivity contribution in [3.63, 3.8) is 0 Å². The van der Waals surface area contributed by atoms with Gasteiger partial charge >= 0.3 is 0 Å². The van der Waals surface area contributed by atoms with Crippen molar-refractivity contribution >= 4 is 26.5 Å². The van der Waals surface area contributed by atoms with Gasteiger partial charge in [0.25, 0.3) is 0 Å². The first-order chi connectivity index (χ1) is 12.6. The maximum atomic E-state index is 12.7. The topological polar surface area (TPSA) is 72.0 Å². The van der Waals surface area contributed by atoms with Gasteiger partial charge in [0, 0.05) is 37.1 Å². The van der Waals surface area contributed by atoms with Gasteiger partial charge in [-0.3, -0.25) is 0 Å². The molecule has 2 aliphatic heterocycles. The Balaban J connectivity index is 1.51. The second-order valence-corrected chi connectivity index (χ2v) is 8.93. The van der Waals surface area contributed by atoms with Crippen LogP contribution in [0.1, 0.15) is 0 Å². The van der Waals surface area contributed by atoms with Crippen molar-refractivity contribution in [1.82, 2.24) is 9.29 Å². The Bertz CT molecular complexity index is 839. The van der Waals surface area contributed by atoms with Crippen molar-refractivity contribution < 1.29 is 17.9 Å². The molecule has 0 atom stereocenters. The number of anilines is 1. The minimum absolute atomic E-state index is 0.312. The number of thiazole rings is 1. The molecule has 2 aromatic rings. The summed E-state index contributed by atoms with van der Waals surface area (Å²) in [6.07, 6.45) is 0. The Labute approximate surface area is 157 Å². The molecular formula is C17H21N3O4S2. The molecule has 0 saturated carbocycles. The van der Waals surface area contributed by atoms with E-state index in [9.17, 15) is 8.42 Å². The van der Waals surface area contributed by atoms with Crippen molar-refractivity contribution in [2.75, 3.05) is 57.5 Å². The number of hydrogen-bond donors (Lipinski definition) is 0. The second kappa shape index (κ2) is 7.61. The summed E-state index contributed by atoms with van der Waals surface area (Å²) >= 11 is 1.60. The third-order valence-electron chi connectivity index (χ3n) is 4.53. The van der Waals surface area contributed by atoms with Crippen LogP contribution in [0.4, 0.5) is 5.13 Å². The lowest BCUT2D eigenvalue weighted by molar-refractivity contribution is 0.0730. The van der Waals surface area contributed by atoms with E-state index < -0.39 is 10.0 Å². The van der Waals surface area contributed by atoms with E-state index >= 15 is 0 Å². The number of sulfonamides is 1. The highest BCUT2D eigenvalue weighted by molar-refractivity contribution is 7.89. The molecule has 1 aromatic heterocycles. The van der Waals surface area contributed by atoms with Crippen molar-refractivity contribution in [3.05, 3.63) is 29.6 Å². The van der Waals surface area contributed by atoms with Crippen LogP contribution in [0, 0.1) is 0 Å². The molecule has 2 aliphatic rings. The van der Waals surface area contributed by atoms with Gasteiger partial charge in [0.1, 0.15) is 0 Å². The van der Waals surface area contributed by atoms with Crippen molar-refractivity contribution in [2.45, 2.75) is 4.90 Å². The predicted molar refractivity (Wildman–Crippen MR) is 100 cm³/mol. The molecule has 0 aliphatic carbocycles. The summed E-state index contributed by atoms with van der Waals surface area (Å²) < 4.78 is 37.5. The van der Waals surface area contributed by atoms with E-state index in [-0.39, 0.29) is 0 Å². The lowest BCUT2D eigenvalue weighted by Gasteiger charge is -2.26. The summed E-state index contributed by atoms with van der Waals surface area (Å²) in [6.45, 7) is 4.85. The van der Waals surface area contributed by atoms with Crippen LogP contribution in [0.2, 0.25) is 0 Å². The molecule has 0 N–H and O–H groups in total. The highest BCUT2D eigenvalue weighted by atomic mass is 32.2. The second-order valence-electron chi connectivity index (χ2n) is 6.16. The number of aromatic nitrogens is 1. The minimum atomic E-state index is -3.46. The van der Waals surface area contributed by atoms with E-state index in [0.29, 0.717) is 31.2 Å². The van der Waals surface area contributed by atoms with Crippen LogP contribution in [-0.4, -0.2) is 70.3 Å². The largest absolute Gasteiger partial charge is 0.379 e. The van der Waals surface area contributed by atoms with Crippen molar-refractivity contribution in [1.29, 1.82) is 0 Å². The maximum Gasteiger partial charge on any atom is 0.243 e. The van der Waals surface area contributed by atoms with Gasteiger partial charge in [-0.25, -0.2) is 13.4 Å². The molecule has 1 aromatic carbocycles. The van der Waals surface area contributed by atoms with Gasteiger partial charge in [-0.1, -0.05) is 12.1 Å². The smallest absolute Gasteiger partial charge is 0.243 e. The highest BCUT2D eigenvalue weighted by Gasteiger charge is 2.26. The monoisotopic (exact) mass is 395 g/mol. The number of morpholine rings is 2. The fourth-order valence-electron chi connectivity index (χ4n) is 3.03. The van der Waals surface area contributed by atoms with Crippen LogP contribution in [0.3, 0.4) is 0 Å². The quantitative estimate of drug-likeness (QED) is 0.784. The fraction of sp³-hybridized carbons (Fsp3) is 0.471. The molecule has 7 nitrogen and oxygen atoms in total. The number of nitrogens with zero attached hydrogens (tertiary/aromatic N) is 3. The van der Waals surface area contributed by atoms with Crippen molar-refractivity contribution in [2.24, 2.45) is 0 Å². The van der Waals surface area contributed by atoms with E-state index in [2.05, 4.69) is 4.90 Å². The number of ether oxygens (including phenoxy) is 2. The molecule has 4 rings (SSSR count). The van der Waals surface area contributed by atoms with Crippen LogP contribution in [0.25, 0.3) is 11.3 Å². The zero-order chi connectivity index (χ0) is 18.0. The summed E-state index contributed by atoms with van der Waals surface area (Å²) in [7, 11) is -3.46. The first-order valence-corrected chi connectivity index (χ1v) is 10.9. The molecule has 0 unspecified atom stereocenters. The number of benzene rings is 1. The normalized spacial score (nSPS) is 19.6. The number of hydrogen-bond acceptors (Lipinski definition) is 7. The SMILES string of the molecule is O=S(=O)(c1ccc(-c2csc(N3CCOCC3)n2)cc1)N1CCOCC1. The van der Waals surface area contributed by atoms with Gasteiger partial charge < -0.3 is 14.4 Å². The minimum Gasteiger partial charge on any atom is -0.379 e. The molecule has 3 heterocycles. The molecule has 2 saturated heterocycles. The summed E-state index contributed by atoms with van der Waals surface area (Å²) in [5.74, 6) is 0. The van der Waals surface area contributed by atoms with Gasteiger partial charge in [0.05, 0.1) is 37.0 Å². The van der Waals surface area contributed by atoms with Crippen LogP contribution < -0.4 is 4.90 Å². The van der Waals surface area contributed by atoms with Crippen LogP contribution in [-0.2, 0) is 19.5 Å².